The van der Waals surface area contributed by atoms with Crippen molar-refractivity contribution in [3.05, 3.63) is 66.1 Å². The average Bonchev–Trinajstić information content (AvgIpc) is 3.04. The second-order valence-electron chi connectivity index (χ2n) is 6.09. The quantitative estimate of drug-likeness (QED) is 0.738. The van der Waals surface area contributed by atoms with Crippen LogP contribution < -0.4 is 4.74 Å². The number of hydrogen-bond acceptors (Lipinski definition) is 4. The summed E-state index contributed by atoms with van der Waals surface area (Å²) in [6.45, 7) is 1.21. The predicted octanol–water partition coefficient (Wildman–Crippen LogP) is 2.34. The molecule has 6 nitrogen and oxygen atoms in total. The smallest absolute Gasteiger partial charge is 0.260 e. The molecule has 0 unspecified atom stereocenters. The molecule has 1 aromatic carbocycles. The predicted molar refractivity (Wildman–Crippen MR) is 93.0 cm³/mol. The first kappa shape index (κ1) is 15.4. The zero-order chi connectivity index (χ0) is 17.2. The summed E-state index contributed by atoms with van der Waals surface area (Å²) >= 11 is 0. The number of carbonyl (C=O) groups excluding carboxylic acids is 1. The molecular formula is C19H18N4O2. The summed E-state index contributed by atoms with van der Waals surface area (Å²) in [6.07, 6.45) is 3.79. The maximum atomic E-state index is 11.8. The summed E-state index contributed by atoms with van der Waals surface area (Å²) in [4.78, 5) is 18.1. The molecule has 1 amide bonds. The molecule has 3 heterocycles. The molecule has 0 bridgehead atoms. The van der Waals surface area contributed by atoms with Gasteiger partial charge < -0.3 is 9.64 Å². The number of amides is 1. The van der Waals surface area contributed by atoms with Crippen LogP contribution in [0.3, 0.4) is 0 Å². The van der Waals surface area contributed by atoms with Gasteiger partial charge in [-0.2, -0.15) is 5.10 Å². The molecule has 1 aliphatic heterocycles. The number of hydrogen-bond donors (Lipinski definition) is 0. The van der Waals surface area contributed by atoms with Gasteiger partial charge >= 0.3 is 0 Å². The Hall–Kier alpha value is -3.15. The van der Waals surface area contributed by atoms with Crippen molar-refractivity contribution in [3.8, 4) is 17.0 Å². The van der Waals surface area contributed by atoms with Crippen LogP contribution in [0.4, 0.5) is 0 Å². The number of carbonyl (C=O) groups is 1. The highest BCUT2D eigenvalue weighted by molar-refractivity contribution is 5.78. The summed E-state index contributed by atoms with van der Waals surface area (Å²) in [5.41, 5.74) is 3.73. The van der Waals surface area contributed by atoms with E-state index in [0.29, 0.717) is 18.8 Å². The molecule has 0 radical (unpaired) electrons. The summed E-state index contributed by atoms with van der Waals surface area (Å²) < 4.78 is 7.42. The van der Waals surface area contributed by atoms with Crippen LogP contribution in [-0.2, 0) is 17.9 Å². The Balaban J connectivity index is 1.59. The lowest BCUT2D eigenvalue weighted by molar-refractivity contribution is -0.131. The first-order chi connectivity index (χ1) is 12.2. The normalized spacial score (nSPS) is 14.0. The number of nitrogens with zero attached hydrogens (tertiary/aromatic N) is 4. The zero-order valence-corrected chi connectivity index (χ0v) is 13.9. The minimum absolute atomic E-state index is 0.0461. The van der Waals surface area contributed by atoms with Crippen LogP contribution >= 0.6 is 0 Å². The van der Waals surface area contributed by atoms with Crippen LogP contribution in [0, 0.1) is 0 Å². The zero-order valence-electron chi connectivity index (χ0n) is 13.9. The van der Waals surface area contributed by atoms with Crippen LogP contribution in [0.1, 0.15) is 11.3 Å². The fourth-order valence-electron chi connectivity index (χ4n) is 2.81. The summed E-state index contributed by atoms with van der Waals surface area (Å²) in [5.74, 6) is 0.619. The van der Waals surface area contributed by atoms with E-state index >= 15 is 0 Å². The van der Waals surface area contributed by atoms with Gasteiger partial charge in [-0.3, -0.25) is 9.48 Å². The van der Waals surface area contributed by atoms with Crippen molar-refractivity contribution < 1.29 is 9.53 Å². The minimum atomic E-state index is -0.0461. The first-order valence-electron chi connectivity index (χ1n) is 8.12. The van der Waals surface area contributed by atoms with E-state index in [2.05, 4.69) is 22.2 Å². The highest BCUT2D eigenvalue weighted by Gasteiger charge is 2.20. The fraction of sp³-hybridized carbons (Fsp3) is 0.211. The van der Waals surface area contributed by atoms with Crippen molar-refractivity contribution in [1.82, 2.24) is 19.7 Å². The lowest BCUT2D eigenvalue weighted by Crippen LogP contribution is -2.28. The van der Waals surface area contributed by atoms with Crippen LogP contribution in [0.25, 0.3) is 11.3 Å². The van der Waals surface area contributed by atoms with Crippen molar-refractivity contribution >= 4 is 5.91 Å². The molecule has 0 aliphatic carbocycles. The average molecular weight is 334 g/mol. The Labute approximate surface area is 145 Å². The van der Waals surface area contributed by atoms with Gasteiger partial charge in [-0.15, -0.1) is 0 Å². The molecule has 2 aromatic heterocycles. The fourth-order valence-corrected chi connectivity index (χ4v) is 2.81. The maximum Gasteiger partial charge on any atom is 0.260 e. The molecule has 1 aliphatic rings. The largest absolute Gasteiger partial charge is 0.482 e. The van der Waals surface area contributed by atoms with Crippen molar-refractivity contribution in [2.75, 3.05) is 13.7 Å². The molecule has 0 spiro atoms. The number of rotatable bonds is 3. The Bertz CT molecular complexity index is 905. The molecule has 0 saturated carbocycles. The molecule has 0 fully saturated rings. The monoisotopic (exact) mass is 334 g/mol. The van der Waals surface area contributed by atoms with Gasteiger partial charge in [0.05, 0.1) is 25.0 Å². The number of benzene rings is 1. The number of likely N-dealkylation sites (N-methyl/N-ethyl adjacent to an activating group) is 1. The SMILES string of the molecule is CN1Cc2nc(-c3cnn(Cc4ccccc4)c3)ccc2OCC1=O. The number of pyridine rings is 1. The molecule has 25 heavy (non-hydrogen) atoms. The van der Waals surface area contributed by atoms with Gasteiger partial charge in [-0.05, 0) is 17.7 Å². The van der Waals surface area contributed by atoms with E-state index < -0.39 is 0 Å². The molecule has 0 atom stereocenters. The minimum Gasteiger partial charge on any atom is -0.482 e. The van der Waals surface area contributed by atoms with Crippen LogP contribution in [0.2, 0.25) is 0 Å². The summed E-state index contributed by atoms with van der Waals surface area (Å²) in [7, 11) is 1.76. The Morgan fingerprint density at radius 3 is 2.84 bits per heavy atom. The third-order valence-electron chi connectivity index (χ3n) is 4.21. The van der Waals surface area contributed by atoms with Gasteiger partial charge in [0.15, 0.2) is 6.61 Å². The van der Waals surface area contributed by atoms with Crippen LogP contribution in [-0.4, -0.2) is 39.2 Å². The highest BCUT2D eigenvalue weighted by atomic mass is 16.5. The standard InChI is InChI=1S/C19H18N4O2/c1-22-12-17-18(25-13-19(22)24)8-7-16(21-17)15-9-20-23(11-15)10-14-5-3-2-4-6-14/h2-9,11H,10,12-13H2,1H3. The van der Waals surface area contributed by atoms with E-state index in [1.54, 1.807) is 11.9 Å². The van der Waals surface area contributed by atoms with E-state index in [-0.39, 0.29) is 12.5 Å². The number of fused-ring (bicyclic) bond motifs is 1. The van der Waals surface area contributed by atoms with Gasteiger partial charge in [0.25, 0.3) is 5.91 Å². The Morgan fingerprint density at radius 1 is 1.16 bits per heavy atom. The van der Waals surface area contributed by atoms with E-state index in [1.165, 1.54) is 5.56 Å². The molecule has 4 rings (SSSR count). The van der Waals surface area contributed by atoms with E-state index in [1.807, 2.05) is 47.4 Å². The van der Waals surface area contributed by atoms with Gasteiger partial charge in [0.2, 0.25) is 0 Å². The molecule has 3 aromatic rings. The Morgan fingerprint density at radius 2 is 2.00 bits per heavy atom. The van der Waals surface area contributed by atoms with E-state index in [0.717, 1.165) is 17.0 Å². The van der Waals surface area contributed by atoms with Crippen molar-refractivity contribution in [3.63, 3.8) is 0 Å². The number of ether oxygens (including phenoxy) is 1. The first-order valence-corrected chi connectivity index (χ1v) is 8.12. The second-order valence-corrected chi connectivity index (χ2v) is 6.09. The molecular weight excluding hydrogens is 316 g/mol. The van der Waals surface area contributed by atoms with Gasteiger partial charge in [0, 0.05) is 18.8 Å². The van der Waals surface area contributed by atoms with E-state index in [9.17, 15) is 4.79 Å². The summed E-state index contributed by atoms with van der Waals surface area (Å²) in [6, 6.07) is 14.0. The van der Waals surface area contributed by atoms with Crippen molar-refractivity contribution in [1.29, 1.82) is 0 Å². The molecule has 126 valence electrons. The summed E-state index contributed by atoms with van der Waals surface area (Å²) in [5, 5.41) is 4.43. The second kappa shape index (κ2) is 6.39. The lowest BCUT2D eigenvalue weighted by Gasteiger charge is -2.12. The van der Waals surface area contributed by atoms with Gasteiger partial charge in [-0.25, -0.2) is 4.98 Å². The van der Waals surface area contributed by atoms with Gasteiger partial charge in [-0.1, -0.05) is 30.3 Å². The van der Waals surface area contributed by atoms with Crippen molar-refractivity contribution in [2.24, 2.45) is 0 Å². The lowest BCUT2D eigenvalue weighted by atomic mass is 10.2. The maximum absolute atomic E-state index is 11.8. The Kier molecular flexibility index (Phi) is 3.93. The van der Waals surface area contributed by atoms with Crippen LogP contribution in [0.15, 0.2) is 54.9 Å². The third kappa shape index (κ3) is 3.24. The number of aromatic nitrogens is 3. The van der Waals surface area contributed by atoms with E-state index in [4.69, 9.17) is 4.74 Å². The molecule has 0 N–H and O–H groups in total. The topological polar surface area (TPSA) is 60.3 Å². The van der Waals surface area contributed by atoms with Gasteiger partial charge in [0.1, 0.15) is 11.4 Å². The molecule has 0 saturated heterocycles. The third-order valence-corrected chi connectivity index (χ3v) is 4.21. The van der Waals surface area contributed by atoms with Crippen molar-refractivity contribution in [2.45, 2.75) is 13.1 Å². The molecule has 6 heteroatoms. The highest BCUT2D eigenvalue weighted by Crippen LogP contribution is 2.25. The van der Waals surface area contributed by atoms with Crippen LogP contribution in [0.5, 0.6) is 5.75 Å².